The third-order valence-electron chi connectivity index (χ3n) is 4.81. The molecule has 2 aromatic rings. The summed E-state index contributed by atoms with van der Waals surface area (Å²) in [6, 6.07) is 13.7. The van der Waals surface area contributed by atoms with E-state index < -0.39 is 0 Å². The van der Waals surface area contributed by atoms with Crippen LogP contribution in [0.5, 0.6) is 11.5 Å². The molecule has 1 aliphatic rings. The molecule has 0 bridgehead atoms. The molecule has 0 atom stereocenters. The second-order valence-corrected chi connectivity index (χ2v) is 7.04. The average Bonchev–Trinajstić information content (AvgIpc) is 2.66. The Bertz CT molecular complexity index is 807. The van der Waals surface area contributed by atoms with Gasteiger partial charge in [0, 0.05) is 17.8 Å². The molecule has 0 unspecified atom stereocenters. The van der Waals surface area contributed by atoms with Crippen LogP contribution in [0.15, 0.2) is 48.5 Å². The van der Waals surface area contributed by atoms with Crippen molar-refractivity contribution in [3.8, 4) is 11.5 Å². The third kappa shape index (κ3) is 4.26. The van der Waals surface area contributed by atoms with E-state index in [0.29, 0.717) is 30.4 Å². The van der Waals surface area contributed by atoms with E-state index in [9.17, 15) is 4.79 Å². The topological polar surface area (TPSA) is 47.6 Å². The van der Waals surface area contributed by atoms with Gasteiger partial charge in [-0.25, -0.2) is 0 Å². The molecule has 4 heteroatoms. The Morgan fingerprint density at radius 3 is 2.46 bits per heavy atom. The molecule has 0 aliphatic carbocycles. The summed E-state index contributed by atoms with van der Waals surface area (Å²) >= 11 is 0. The van der Waals surface area contributed by atoms with Crippen LogP contribution < -0.4 is 14.8 Å². The van der Waals surface area contributed by atoms with Crippen molar-refractivity contribution >= 4 is 17.7 Å². The van der Waals surface area contributed by atoms with Crippen molar-refractivity contribution in [3.63, 3.8) is 0 Å². The van der Waals surface area contributed by atoms with Gasteiger partial charge in [0.25, 0.3) is 0 Å². The van der Waals surface area contributed by atoms with Gasteiger partial charge in [-0.05, 0) is 41.2 Å². The molecule has 0 spiro atoms. The summed E-state index contributed by atoms with van der Waals surface area (Å²) in [6.45, 7) is 7.73. The van der Waals surface area contributed by atoms with Gasteiger partial charge in [-0.15, -0.1) is 0 Å². The number of benzene rings is 2. The molecule has 26 heavy (non-hydrogen) atoms. The first-order valence-electron chi connectivity index (χ1n) is 8.97. The maximum absolute atomic E-state index is 12.2. The molecule has 0 fully saturated rings. The summed E-state index contributed by atoms with van der Waals surface area (Å²) in [6.07, 6.45) is 4.44. The van der Waals surface area contributed by atoms with Crippen molar-refractivity contribution in [2.75, 3.05) is 18.5 Å². The number of carbonyl (C=O) groups excluding carboxylic acids is 1. The minimum Gasteiger partial charge on any atom is -0.486 e. The molecular weight excluding hydrogens is 326 g/mol. The van der Waals surface area contributed by atoms with E-state index in [1.54, 1.807) is 12.1 Å². The third-order valence-corrected chi connectivity index (χ3v) is 4.81. The lowest BCUT2D eigenvalue weighted by atomic mass is 9.82. The fourth-order valence-corrected chi connectivity index (χ4v) is 2.73. The predicted octanol–water partition coefficient (Wildman–Crippen LogP) is 4.80. The summed E-state index contributed by atoms with van der Waals surface area (Å²) in [7, 11) is 0. The summed E-state index contributed by atoms with van der Waals surface area (Å²) < 4.78 is 11.0. The first-order chi connectivity index (χ1) is 12.5. The Morgan fingerprint density at radius 1 is 1.08 bits per heavy atom. The molecule has 0 radical (unpaired) electrons. The minimum atomic E-state index is -0.181. The van der Waals surface area contributed by atoms with E-state index in [0.717, 1.165) is 12.0 Å². The van der Waals surface area contributed by atoms with Crippen molar-refractivity contribution in [3.05, 3.63) is 59.7 Å². The summed E-state index contributed by atoms with van der Waals surface area (Å²) in [5.41, 5.74) is 3.15. The van der Waals surface area contributed by atoms with Gasteiger partial charge >= 0.3 is 0 Å². The van der Waals surface area contributed by atoms with Crippen molar-refractivity contribution in [1.29, 1.82) is 0 Å². The molecular formula is C22H25NO3. The number of hydrogen-bond acceptors (Lipinski definition) is 3. The standard InChI is InChI=1S/C22H25NO3/c1-4-22(2,3)17-8-5-16(6-9-17)7-12-21(24)23-18-10-11-19-20(15-18)26-14-13-25-19/h5-12,15H,4,13-14H2,1-3H3,(H,23,24). The molecule has 0 saturated carbocycles. The van der Waals surface area contributed by atoms with E-state index in [1.807, 2.05) is 24.3 Å². The number of rotatable bonds is 5. The number of anilines is 1. The molecule has 1 aliphatic heterocycles. The number of nitrogens with one attached hydrogen (secondary N) is 1. The molecule has 1 heterocycles. The highest BCUT2D eigenvalue weighted by molar-refractivity contribution is 6.02. The van der Waals surface area contributed by atoms with Crippen LogP contribution in [0.3, 0.4) is 0 Å². The molecule has 0 saturated heterocycles. The zero-order valence-corrected chi connectivity index (χ0v) is 15.5. The Balaban J connectivity index is 1.63. The molecule has 1 N–H and O–H groups in total. The fourth-order valence-electron chi connectivity index (χ4n) is 2.73. The molecule has 2 aromatic carbocycles. The number of amides is 1. The fraction of sp³-hybridized carbons (Fsp3) is 0.318. The van der Waals surface area contributed by atoms with Gasteiger partial charge in [0.05, 0.1) is 0 Å². The van der Waals surface area contributed by atoms with Crippen LogP contribution in [0.4, 0.5) is 5.69 Å². The van der Waals surface area contributed by atoms with Crippen LogP contribution in [0.2, 0.25) is 0 Å². The van der Waals surface area contributed by atoms with Crippen LogP contribution in [-0.2, 0) is 10.2 Å². The van der Waals surface area contributed by atoms with Gasteiger partial charge in [-0.1, -0.05) is 45.0 Å². The van der Waals surface area contributed by atoms with E-state index in [4.69, 9.17) is 9.47 Å². The Labute approximate surface area is 154 Å². The number of ether oxygens (including phenoxy) is 2. The summed E-state index contributed by atoms with van der Waals surface area (Å²) in [5.74, 6) is 1.19. The van der Waals surface area contributed by atoms with E-state index in [-0.39, 0.29) is 11.3 Å². The normalized spacial score (nSPS) is 13.7. The molecule has 1 amide bonds. The lowest BCUT2D eigenvalue weighted by Gasteiger charge is -2.23. The first kappa shape index (κ1) is 18.1. The van der Waals surface area contributed by atoms with E-state index >= 15 is 0 Å². The summed E-state index contributed by atoms with van der Waals surface area (Å²) in [5, 5.41) is 2.85. The summed E-state index contributed by atoms with van der Waals surface area (Å²) in [4.78, 5) is 12.2. The van der Waals surface area contributed by atoms with E-state index in [1.165, 1.54) is 11.6 Å². The zero-order valence-electron chi connectivity index (χ0n) is 15.5. The Kier molecular flexibility index (Phi) is 5.31. The monoisotopic (exact) mass is 351 g/mol. The highest BCUT2D eigenvalue weighted by Gasteiger charge is 2.17. The SMILES string of the molecule is CCC(C)(C)c1ccc(C=CC(=O)Nc2ccc3c(c2)OCCO3)cc1. The highest BCUT2D eigenvalue weighted by atomic mass is 16.6. The van der Waals surface area contributed by atoms with Gasteiger partial charge in [0.15, 0.2) is 11.5 Å². The van der Waals surface area contributed by atoms with Crippen molar-refractivity contribution < 1.29 is 14.3 Å². The lowest BCUT2D eigenvalue weighted by molar-refractivity contribution is -0.111. The van der Waals surface area contributed by atoms with Crippen molar-refractivity contribution in [2.45, 2.75) is 32.6 Å². The van der Waals surface area contributed by atoms with Crippen molar-refractivity contribution in [2.24, 2.45) is 0 Å². The second kappa shape index (κ2) is 7.65. The van der Waals surface area contributed by atoms with Gasteiger partial charge in [-0.2, -0.15) is 0 Å². The Hall–Kier alpha value is -2.75. The van der Waals surface area contributed by atoms with E-state index in [2.05, 4.69) is 38.2 Å². The zero-order chi connectivity index (χ0) is 18.6. The van der Waals surface area contributed by atoms with Gasteiger partial charge < -0.3 is 14.8 Å². The smallest absolute Gasteiger partial charge is 0.248 e. The Morgan fingerprint density at radius 2 is 1.77 bits per heavy atom. The number of hydrogen-bond donors (Lipinski definition) is 1. The van der Waals surface area contributed by atoms with Crippen LogP contribution in [0.25, 0.3) is 6.08 Å². The molecule has 0 aromatic heterocycles. The van der Waals surface area contributed by atoms with Crippen LogP contribution in [-0.4, -0.2) is 19.1 Å². The second-order valence-electron chi connectivity index (χ2n) is 7.04. The maximum Gasteiger partial charge on any atom is 0.248 e. The van der Waals surface area contributed by atoms with Crippen LogP contribution in [0, 0.1) is 0 Å². The largest absolute Gasteiger partial charge is 0.486 e. The molecule has 136 valence electrons. The lowest BCUT2D eigenvalue weighted by Crippen LogP contribution is -2.16. The van der Waals surface area contributed by atoms with Crippen LogP contribution in [0.1, 0.15) is 38.3 Å². The first-order valence-corrected chi connectivity index (χ1v) is 8.97. The highest BCUT2D eigenvalue weighted by Crippen LogP contribution is 2.32. The predicted molar refractivity (Wildman–Crippen MR) is 105 cm³/mol. The molecule has 4 nitrogen and oxygen atoms in total. The minimum absolute atomic E-state index is 0.165. The number of fused-ring (bicyclic) bond motifs is 1. The van der Waals surface area contributed by atoms with Crippen LogP contribution >= 0.6 is 0 Å². The quantitative estimate of drug-likeness (QED) is 0.787. The van der Waals surface area contributed by atoms with Gasteiger partial charge in [-0.3, -0.25) is 4.79 Å². The maximum atomic E-state index is 12.2. The van der Waals surface area contributed by atoms with Crippen molar-refractivity contribution in [1.82, 2.24) is 0 Å². The van der Waals surface area contributed by atoms with Gasteiger partial charge in [0.2, 0.25) is 5.91 Å². The van der Waals surface area contributed by atoms with Gasteiger partial charge in [0.1, 0.15) is 13.2 Å². The number of carbonyl (C=O) groups is 1. The average molecular weight is 351 g/mol. The molecule has 3 rings (SSSR count).